The maximum atomic E-state index is 13.1. The number of hydrogen-bond acceptors (Lipinski definition) is 5. The Kier molecular flexibility index (Phi) is 3.98. The average molecular weight is 338 g/mol. The summed E-state index contributed by atoms with van der Waals surface area (Å²) in [6.07, 6.45) is 4.07. The summed E-state index contributed by atoms with van der Waals surface area (Å²) >= 11 is 0. The Balaban J connectivity index is 1.79. The van der Waals surface area contributed by atoms with E-state index in [2.05, 4.69) is 19.9 Å². The first-order valence-corrected chi connectivity index (χ1v) is 9.23. The molecule has 0 spiro atoms. The summed E-state index contributed by atoms with van der Waals surface area (Å²) in [5, 5.41) is 1.32. The zero-order valence-electron chi connectivity index (χ0n) is 13.5. The van der Waals surface area contributed by atoms with Crippen molar-refractivity contribution in [3.8, 4) is 0 Å². The van der Waals surface area contributed by atoms with Gasteiger partial charge in [-0.25, -0.2) is 14.2 Å². The van der Waals surface area contributed by atoms with E-state index in [9.17, 15) is 4.21 Å². The van der Waals surface area contributed by atoms with Gasteiger partial charge < -0.3 is 4.90 Å². The Morgan fingerprint density at radius 1 is 1.08 bits per heavy atom. The van der Waals surface area contributed by atoms with Gasteiger partial charge in [-0.05, 0) is 31.9 Å². The van der Waals surface area contributed by atoms with Crippen molar-refractivity contribution in [1.29, 1.82) is 0 Å². The first kappa shape index (κ1) is 15.2. The smallest absolute Gasteiger partial charge is 0.225 e. The molecule has 1 saturated heterocycles. The molecule has 3 heterocycles. The van der Waals surface area contributed by atoms with E-state index in [1.807, 2.05) is 43.3 Å². The van der Waals surface area contributed by atoms with Crippen LogP contribution in [0.15, 0.2) is 52.6 Å². The van der Waals surface area contributed by atoms with Crippen molar-refractivity contribution in [3.05, 3.63) is 48.3 Å². The van der Waals surface area contributed by atoms with E-state index in [4.69, 9.17) is 0 Å². The largest absolute Gasteiger partial charge is 0.356 e. The van der Waals surface area contributed by atoms with Crippen LogP contribution in [0.5, 0.6) is 0 Å². The van der Waals surface area contributed by atoms with Gasteiger partial charge in [0.05, 0.1) is 10.4 Å². The number of nitrogens with zero attached hydrogens (tertiary/aromatic N) is 4. The van der Waals surface area contributed by atoms with Crippen LogP contribution < -0.4 is 4.90 Å². The lowest BCUT2D eigenvalue weighted by Gasteiger charge is -2.17. The van der Waals surface area contributed by atoms with Crippen molar-refractivity contribution < 1.29 is 4.21 Å². The van der Waals surface area contributed by atoms with Crippen LogP contribution in [0.4, 0.5) is 5.82 Å². The second-order valence-corrected chi connectivity index (χ2v) is 7.29. The molecule has 1 aliphatic rings. The lowest BCUT2D eigenvalue weighted by molar-refractivity contribution is 0.674. The number of fused-ring (bicyclic) bond motifs is 1. The fourth-order valence-corrected chi connectivity index (χ4v) is 4.19. The molecule has 1 fully saturated rings. The number of pyridine rings is 1. The van der Waals surface area contributed by atoms with E-state index in [0.717, 1.165) is 35.5 Å². The minimum Gasteiger partial charge on any atom is -0.356 e. The predicted octanol–water partition coefficient (Wildman–Crippen LogP) is 3.10. The summed E-state index contributed by atoms with van der Waals surface area (Å²) in [4.78, 5) is 16.3. The van der Waals surface area contributed by atoms with Crippen LogP contribution in [0.1, 0.15) is 18.5 Å². The van der Waals surface area contributed by atoms with Crippen molar-refractivity contribution in [2.75, 3.05) is 18.0 Å². The van der Waals surface area contributed by atoms with Crippen LogP contribution in [-0.2, 0) is 10.8 Å². The molecule has 0 amide bonds. The van der Waals surface area contributed by atoms with Crippen molar-refractivity contribution in [3.63, 3.8) is 0 Å². The molecule has 1 atom stereocenters. The summed E-state index contributed by atoms with van der Waals surface area (Å²) in [7, 11) is -1.45. The topological polar surface area (TPSA) is 59.0 Å². The van der Waals surface area contributed by atoms with Crippen LogP contribution in [0, 0.1) is 6.92 Å². The number of anilines is 1. The summed E-state index contributed by atoms with van der Waals surface area (Å²) in [5.74, 6) is 0.872. The zero-order valence-corrected chi connectivity index (χ0v) is 14.3. The fraction of sp³-hybridized carbons (Fsp3) is 0.278. The Morgan fingerprint density at radius 2 is 1.88 bits per heavy atom. The van der Waals surface area contributed by atoms with Crippen LogP contribution in [0.2, 0.25) is 0 Å². The highest BCUT2D eigenvalue weighted by atomic mass is 32.2. The first-order valence-electron chi connectivity index (χ1n) is 8.08. The van der Waals surface area contributed by atoms with Gasteiger partial charge in [0.2, 0.25) is 5.16 Å². The van der Waals surface area contributed by atoms with E-state index in [1.54, 1.807) is 6.20 Å². The SMILES string of the molecule is Cc1cc(N2CCCC2)nc(S(=O)c2cccc3cccnc23)n1. The molecular weight excluding hydrogens is 320 g/mol. The van der Waals surface area contributed by atoms with Gasteiger partial charge in [0, 0.05) is 36.4 Å². The van der Waals surface area contributed by atoms with E-state index in [-0.39, 0.29) is 0 Å². The van der Waals surface area contributed by atoms with Gasteiger partial charge in [-0.1, -0.05) is 18.2 Å². The highest BCUT2D eigenvalue weighted by molar-refractivity contribution is 7.85. The summed E-state index contributed by atoms with van der Waals surface area (Å²) in [6.45, 7) is 3.92. The second kappa shape index (κ2) is 6.28. The van der Waals surface area contributed by atoms with E-state index >= 15 is 0 Å². The maximum Gasteiger partial charge on any atom is 0.225 e. The highest BCUT2D eigenvalue weighted by Crippen LogP contribution is 2.25. The summed E-state index contributed by atoms with van der Waals surface area (Å²) < 4.78 is 13.1. The third-order valence-corrected chi connectivity index (χ3v) is 5.45. The quantitative estimate of drug-likeness (QED) is 0.687. The molecule has 1 unspecified atom stereocenters. The molecule has 0 N–H and O–H groups in total. The molecule has 0 aliphatic carbocycles. The number of benzene rings is 1. The maximum absolute atomic E-state index is 13.1. The Labute approximate surface area is 143 Å². The molecule has 24 heavy (non-hydrogen) atoms. The molecule has 5 nitrogen and oxygen atoms in total. The van der Waals surface area contributed by atoms with Crippen LogP contribution >= 0.6 is 0 Å². The summed E-state index contributed by atoms with van der Waals surface area (Å²) in [6, 6.07) is 11.5. The number of aryl methyl sites for hydroxylation is 1. The van der Waals surface area contributed by atoms with Crippen molar-refractivity contribution in [2.45, 2.75) is 29.8 Å². The normalized spacial score (nSPS) is 15.8. The number of hydrogen-bond donors (Lipinski definition) is 0. The minimum absolute atomic E-state index is 0.357. The van der Waals surface area contributed by atoms with Crippen LogP contribution in [0.3, 0.4) is 0 Å². The number of rotatable bonds is 3. The fourth-order valence-electron chi connectivity index (χ4n) is 3.04. The molecule has 3 aromatic rings. The lowest BCUT2D eigenvalue weighted by Crippen LogP contribution is -2.20. The van der Waals surface area contributed by atoms with Gasteiger partial charge in [0.15, 0.2) is 0 Å². The van der Waals surface area contributed by atoms with E-state index < -0.39 is 10.8 Å². The van der Waals surface area contributed by atoms with Gasteiger partial charge in [-0.3, -0.25) is 4.98 Å². The Morgan fingerprint density at radius 3 is 2.71 bits per heavy atom. The molecule has 6 heteroatoms. The first-order chi connectivity index (χ1) is 11.7. The third-order valence-electron chi connectivity index (χ3n) is 4.21. The molecule has 4 rings (SSSR count). The van der Waals surface area contributed by atoms with E-state index in [1.165, 1.54) is 12.8 Å². The third kappa shape index (κ3) is 2.78. The molecule has 2 aromatic heterocycles. The lowest BCUT2D eigenvalue weighted by atomic mass is 10.2. The second-order valence-electron chi connectivity index (χ2n) is 5.94. The predicted molar refractivity (Wildman–Crippen MR) is 94.6 cm³/mol. The average Bonchev–Trinajstić information content (AvgIpc) is 3.15. The van der Waals surface area contributed by atoms with Gasteiger partial charge in [-0.2, -0.15) is 0 Å². The van der Waals surface area contributed by atoms with Crippen molar-refractivity contribution >= 4 is 27.5 Å². The van der Waals surface area contributed by atoms with Crippen LogP contribution in [0.25, 0.3) is 10.9 Å². The standard InChI is InChI=1S/C18H18N4OS/c1-13-12-16(22-10-2-3-11-22)21-18(20-13)24(23)15-8-4-6-14-7-5-9-19-17(14)15/h4-9,12H,2-3,10-11H2,1H3. The Bertz CT molecular complexity index is 917. The molecule has 0 radical (unpaired) electrons. The van der Waals surface area contributed by atoms with Gasteiger partial charge >= 0.3 is 0 Å². The zero-order chi connectivity index (χ0) is 16.5. The molecule has 122 valence electrons. The Hall–Kier alpha value is -2.34. The number of para-hydroxylation sites is 1. The molecule has 1 aromatic carbocycles. The molecule has 0 bridgehead atoms. The molecule has 1 aliphatic heterocycles. The van der Waals surface area contributed by atoms with Gasteiger partial charge in [0.25, 0.3) is 0 Å². The van der Waals surface area contributed by atoms with Crippen molar-refractivity contribution in [2.24, 2.45) is 0 Å². The monoisotopic (exact) mass is 338 g/mol. The summed E-state index contributed by atoms with van der Waals surface area (Å²) in [5.41, 5.74) is 1.58. The highest BCUT2D eigenvalue weighted by Gasteiger charge is 2.19. The van der Waals surface area contributed by atoms with Crippen molar-refractivity contribution in [1.82, 2.24) is 15.0 Å². The minimum atomic E-state index is -1.45. The van der Waals surface area contributed by atoms with Gasteiger partial charge in [-0.15, -0.1) is 0 Å². The van der Waals surface area contributed by atoms with Gasteiger partial charge in [0.1, 0.15) is 16.6 Å². The number of aromatic nitrogens is 3. The molecule has 0 saturated carbocycles. The molecular formula is C18H18N4OS. The van der Waals surface area contributed by atoms with Crippen LogP contribution in [-0.4, -0.2) is 32.3 Å². The van der Waals surface area contributed by atoms with E-state index in [0.29, 0.717) is 10.1 Å².